The van der Waals surface area contributed by atoms with Crippen molar-refractivity contribution in [3.8, 4) is 0 Å². The molecule has 0 atom stereocenters. The van der Waals surface area contributed by atoms with Gasteiger partial charge in [-0.2, -0.15) is 0 Å². The summed E-state index contributed by atoms with van der Waals surface area (Å²) < 4.78 is 46.3. The van der Waals surface area contributed by atoms with E-state index < -0.39 is 34.3 Å². The van der Waals surface area contributed by atoms with Crippen molar-refractivity contribution in [2.75, 3.05) is 23.3 Å². The van der Waals surface area contributed by atoms with E-state index in [4.69, 9.17) is 4.74 Å². The van der Waals surface area contributed by atoms with E-state index in [-0.39, 0.29) is 21.7 Å². The summed E-state index contributed by atoms with van der Waals surface area (Å²) in [5, 5.41) is 0. The van der Waals surface area contributed by atoms with Crippen molar-refractivity contribution in [3.63, 3.8) is 0 Å². The highest BCUT2D eigenvalue weighted by atomic mass is 32.2. The predicted molar refractivity (Wildman–Crippen MR) is 119 cm³/mol. The number of ether oxygens (including phenoxy) is 1. The maximum atomic E-state index is 13.3. The molecule has 0 fully saturated rings. The third-order valence-corrected chi connectivity index (χ3v) is 6.19. The number of nitrogens with one attached hydrogen (secondary N) is 1. The minimum Gasteiger partial charge on any atom is -0.452 e. The van der Waals surface area contributed by atoms with E-state index in [2.05, 4.69) is 4.72 Å². The molecule has 3 aromatic carbocycles. The van der Waals surface area contributed by atoms with Crippen molar-refractivity contribution >= 4 is 33.3 Å². The molecular weight excluding hydrogens is 435 g/mol. The summed E-state index contributed by atoms with van der Waals surface area (Å²) >= 11 is 0. The number of hydrogen-bond acceptors (Lipinski definition) is 5. The van der Waals surface area contributed by atoms with Crippen LogP contribution < -0.4 is 9.62 Å². The normalized spacial score (nSPS) is 11.0. The monoisotopic (exact) mass is 456 g/mol. The Morgan fingerprint density at radius 2 is 1.66 bits per heavy atom. The van der Waals surface area contributed by atoms with Crippen LogP contribution in [0.1, 0.15) is 15.9 Å². The highest BCUT2D eigenvalue weighted by Crippen LogP contribution is 2.23. The number of benzene rings is 3. The van der Waals surface area contributed by atoms with Crippen molar-refractivity contribution in [3.05, 3.63) is 89.7 Å². The van der Waals surface area contributed by atoms with Gasteiger partial charge in [-0.15, -0.1) is 0 Å². The number of nitrogens with zero attached hydrogens (tertiary/aromatic N) is 1. The highest BCUT2D eigenvalue weighted by molar-refractivity contribution is 7.92. The minimum absolute atomic E-state index is 0.0231. The van der Waals surface area contributed by atoms with Crippen LogP contribution in [-0.2, 0) is 19.6 Å². The van der Waals surface area contributed by atoms with Crippen LogP contribution in [0.15, 0.2) is 77.7 Å². The van der Waals surface area contributed by atoms with Crippen LogP contribution in [0.3, 0.4) is 0 Å². The van der Waals surface area contributed by atoms with E-state index in [1.807, 2.05) is 6.07 Å². The van der Waals surface area contributed by atoms with Crippen molar-refractivity contribution in [1.82, 2.24) is 0 Å². The molecule has 0 aliphatic rings. The molecule has 0 saturated heterocycles. The van der Waals surface area contributed by atoms with Gasteiger partial charge in [0.25, 0.3) is 15.9 Å². The molecule has 32 heavy (non-hydrogen) atoms. The number of anilines is 2. The molecule has 0 radical (unpaired) electrons. The molecule has 166 valence electrons. The Bertz CT molecular complexity index is 1250. The largest absolute Gasteiger partial charge is 0.452 e. The number of halogens is 1. The van der Waals surface area contributed by atoms with Crippen molar-refractivity contribution in [2.24, 2.45) is 0 Å². The second-order valence-electron chi connectivity index (χ2n) is 6.93. The number of likely N-dealkylation sites (N-methyl/N-ethyl adjacent to an activating group) is 1. The molecule has 0 aliphatic carbocycles. The van der Waals surface area contributed by atoms with Gasteiger partial charge in [-0.25, -0.2) is 17.6 Å². The summed E-state index contributed by atoms with van der Waals surface area (Å²) in [6, 6.07) is 18.0. The van der Waals surface area contributed by atoms with E-state index in [9.17, 15) is 22.4 Å². The van der Waals surface area contributed by atoms with Gasteiger partial charge in [0.05, 0.1) is 16.1 Å². The number of esters is 1. The summed E-state index contributed by atoms with van der Waals surface area (Å²) in [4.78, 5) is 26.2. The van der Waals surface area contributed by atoms with Gasteiger partial charge in [-0.3, -0.25) is 9.52 Å². The van der Waals surface area contributed by atoms with Crippen LogP contribution in [-0.4, -0.2) is 33.9 Å². The molecule has 0 bridgehead atoms. The Kier molecular flexibility index (Phi) is 6.89. The van der Waals surface area contributed by atoms with Gasteiger partial charge in [-0.05, 0) is 55.0 Å². The summed E-state index contributed by atoms with van der Waals surface area (Å²) in [5.74, 6) is -1.88. The molecule has 1 N–H and O–H groups in total. The molecule has 3 rings (SSSR count). The van der Waals surface area contributed by atoms with Gasteiger partial charge in [0.1, 0.15) is 5.82 Å². The van der Waals surface area contributed by atoms with E-state index in [1.165, 1.54) is 30.0 Å². The van der Waals surface area contributed by atoms with Gasteiger partial charge >= 0.3 is 5.97 Å². The third kappa shape index (κ3) is 5.30. The first-order valence-corrected chi connectivity index (χ1v) is 11.0. The number of amides is 1. The molecule has 1 amide bonds. The lowest BCUT2D eigenvalue weighted by atomic mass is 10.2. The quantitative estimate of drug-likeness (QED) is 0.547. The summed E-state index contributed by atoms with van der Waals surface area (Å²) in [5.41, 5.74) is 0.763. The zero-order valence-corrected chi connectivity index (χ0v) is 18.2. The fraction of sp³-hybridized carbons (Fsp3) is 0.130. The van der Waals surface area contributed by atoms with Crippen LogP contribution in [0.5, 0.6) is 0 Å². The molecular formula is C23H21FN2O5S. The van der Waals surface area contributed by atoms with Gasteiger partial charge < -0.3 is 9.64 Å². The van der Waals surface area contributed by atoms with E-state index >= 15 is 0 Å². The summed E-state index contributed by atoms with van der Waals surface area (Å²) in [6.45, 7) is 0.940. The zero-order chi connectivity index (χ0) is 23.3. The van der Waals surface area contributed by atoms with Gasteiger partial charge in [-0.1, -0.05) is 30.3 Å². The number of rotatable bonds is 7. The molecule has 3 aromatic rings. The Balaban J connectivity index is 1.74. The summed E-state index contributed by atoms with van der Waals surface area (Å²) in [6.07, 6.45) is 0. The number of hydrogen-bond donors (Lipinski definition) is 1. The molecule has 9 heteroatoms. The molecule has 0 spiro atoms. The fourth-order valence-corrected chi connectivity index (χ4v) is 4.27. The molecule has 7 nitrogen and oxygen atoms in total. The van der Waals surface area contributed by atoms with Crippen molar-refractivity contribution in [1.29, 1.82) is 0 Å². The van der Waals surface area contributed by atoms with Gasteiger partial charge in [0, 0.05) is 12.7 Å². The van der Waals surface area contributed by atoms with Crippen LogP contribution in [0.4, 0.5) is 15.8 Å². The zero-order valence-electron chi connectivity index (χ0n) is 17.4. The number of carbonyl (C=O) groups excluding carboxylic acids is 2. The molecule has 0 aliphatic heterocycles. The van der Waals surface area contributed by atoms with Crippen molar-refractivity contribution < 1.29 is 27.1 Å². The van der Waals surface area contributed by atoms with Crippen LogP contribution in [0, 0.1) is 12.7 Å². The van der Waals surface area contributed by atoms with Crippen LogP contribution >= 0.6 is 0 Å². The first kappa shape index (κ1) is 23.0. The predicted octanol–water partition coefficient (Wildman–Crippen LogP) is 3.75. The number of sulfonamides is 1. The lowest BCUT2D eigenvalue weighted by Gasteiger charge is -2.17. The second kappa shape index (κ2) is 9.61. The highest BCUT2D eigenvalue weighted by Gasteiger charge is 2.22. The number of aryl methyl sites for hydroxylation is 1. The Hall–Kier alpha value is -3.72. The maximum Gasteiger partial charge on any atom is 0.340 e. The van der Waals surface area contributed by atoms with Crippen LogP contribution in [0.25, 0.3) is 0 Å². The summed E-state index contributed by atoms with van der Waals surface area (Å²) in [7, 11) is -2.54. The molecule has 0 aromatic heterocycles. The van der Waals surface area contributed by atoms with E-state index in [0.717, 1.165) is 18.2 Å². The van der Waals surface area contributed by atoms with Gasteiger partial charge in [0.15, 0.2) is 6.61 Å². The fourth-order valence-electron chi connectivity index (χ4n) is 2.96. The molecule has 0 saturated carbocycles. The van der Waals surface area contributed by atoms with E-state index in [1.54, 1.807) is 37.4 Å². The van der Waals surface area contributed by atoms with Crippen LogP contribution in [0.2, 0.25) is 0 Å². The average molecular weight is 456 g/mol. The lowest BCUT2D eigenvalue weighted by molar-refractivity contribution is -0.121. The number of carbonyl (C=O) groups is 2. The van der Waals surface area contributed by atoms with E-state index in [0.29, 0.717) is 5.69 Å². The second-order valence-corrected chi connectivity index (χ2v) is 8.58. The maximum absolute atomic E-state index is 13.3. The smallest absolute Gasteiger partial charge is 0.340 e. The standard InChI is InChI=1S/C23H21FN2O5S/c1-16-14-17(24)12-13-21(16)32(29,30)25-20-11-7-6-10-19(20)23(28)31-15-22(27)26(2)18-8-4-3-5-9-18/h3-14,25H,15H2,1-2H3. The number of para-hydroxylation sites is 2. The topological polar surface area (TPSA) is 92.8 Å². The SMILES string of the molecule is Cc1cc(F)ccc1S(=O)(=O)Nc1ccccc1C(=O)OCC(=O)N(C)c1ccccc1. The average Bonchev–Trinajstić information content (AvgIpc) is 2.77. The third-order valence-electron chi connectivity index (χ3n) is 4.66. The minimum atomic E-state index is -4.10. The molecule has 0 unspecified atom stereocenters. The Labute approximate surface area is 185 Å². The Morgan fingerprint density at radius 1 is 1.00 bits per heavy atom. The molecule has 0 heterocycles. The van der Waals surface area contributed by atoms with Crippen molar-refractivity contribution in [2.45, 2.75) is 11.8 Å². The Morgan fingerprint density at radius 3 is 2.34 bits per heavy atom. The lowest BCUT2D eigenvalue weighted by Crippen LogP contribution is -2.31. The first-order valence-electron chi connectivity index (χ1n) is 9.56. The van der Waals surface area contributed by atoms with Gasteiger partial charge in [0.2, 0.25) is 0 Å². The first-order chi connectivity index (χ1) is 15.2.